The number of hydrazine groups is 1. The fourth-order valence-electron chi connectivity index (χ4n) is 4.18. The van der Waals surface area contributed by atoms with E-state index in [9.17, 15) is 9.59 Å². The normalized spacial score (nSPS) is 19.2. The molecule has 2 aromatic rings. The zero-order chi connectivity index (χ0) is 18.6. The summed E-state index contributed by atoms with van der Waals surface area (Å²) in [5, 5.41) is 4.13. The topological polar surface area (TPSA) is 52.7 Å². The van der Waals surface area contributed by atoms with Crippen molar-refractivity contribution in [1.29, 1.82) is 0 Å². The van der Waals surface area contributed by atoms with Crippen molar-refractivity contribution in [3.05, 3.63) is 48.0 Å². The van der Waals surface area contributed by atoms with Gasteiger partial charge in [-0.25, -0.2) is 5.01 Å². The van der Waals surface area contributed by atoms with Gasteiger partial charge in [0.25, 0.3) is 5.91 Å². The lowest BCUT2D eigenvalue weighted by Crippen LogP contribution is -2.49. The summed E-state index contributed by atoms with van der Waals surface area (Å²) in [5.41, 5.74) is 3.83. The van der Waals surface area contributed by atoms with Gasteiger partial charge in [-0.3, -0.25) is 15.0 Å². The van der Waals surface area contributed by atoms with Crippen LogP contribution in [-0.4, -0.2) is 47.9 Å². The van der Waals surface area contributed by atoms with Crippen LogP contribution >= 0.6 is 0 Å². The van der Waals surface area contributed by atoms with Crippen molar-refractivity contribution < 1.29 is 9.59 Å². The number of hydrogen-bond acceptors (Lipinski definition) is 3. The lowest BCUT2D eigenvalue weighted by Gasteiger charge is -2.34. The Morgan fingerprint density at radius 2 is 1.56 bits per heavy atom. The van der Waals surface area contributed by atoms with E-state index in [0.29, 0.717) is 13.1 Å². The summed E-state index contributed by atoms with van der Waals surface area (Å²) in [5.74, 6) is 0.194. The van der Waals surface area contributed by atoms with Gasteiger partial charge in [-0.15, -0.1) is 0 Å². The molecular formula is C22H27N3O2. The summed E-state index contributed by atoms with van der Waals surface area (Å²) in [6.45, 7) is 3.18. The fraction of sp³-hybridized carbons (Fsp3) is 0.455. The number of likely N-dealkylation sites (tertiary alicyclic amines) is 1. The Hall–Kier alpha value is -2.40. The molecule has 142 valence electrons. The molecule has 27 heavy (non-hydrogen) atoms. The Labute approximate surface area is 160 Å². The first-order valence-corrected chi connectivity index (χ1v) is 10.0. The monoisotopic (exact) mass is 365 g/mol. The average molecular weight is 365 g/mol. The lowest BCUT2D eigenvalue weighted by molar-refractivity contribution is -0.131. The maximum atomic E-state index is 13.0. The SMILES string of the molecule is O=C(NN1CCCCC1)C1CCN(C(=O)c2cccc3ccccc23)CC1. The number of piperidine rings is 2. The average Bonchev–Trinajstić information content (AvgIpc) is 2.73. The van der Waals surface area contributed by atoms with E-state index in [-0.39, 0.29) is 17.7 Å². The highest BCUT2D eigenvalue weighted by molar-refractivity contribution is 6.07. The molecule has 2 heterocycles. The van der Waals surface area contributed by atoms with E-state index >= 15 is 0 Å². The number of benzene rings is 2. The molecule has 2 saturated heterocycles. The Kier molecular flexibility index (Phi) is 5.39. The van der Waals surface area contributed by atoms with E-state index in [1.807, 2.05) is 47.4 Å². The summed E-state index contributed by atoms with van der Waals surface area (Å²) >= 11 is 0. The third-order valence-electron chi connectivity index (χ3n) is 5.80. The number of nitrogens with one attached hydrogen (secondary N) is 1. The Bertz CT molecular complexity index is 816. The van der Waals surface area contributed by atoms with Crippen LogP contribution in [0.15, 0.2) is 42.5 Å². The molecule has 5 heteroatoms. The van der Waals surface area contributed by atoms with Crippen LogP contribution in [0.4, 0.5) is 0 Å². The van der Waals surface area contributed by atoms with Crippen molar-refractivity contribution in [2.75, 3.05) is 26.2 Å². The van der Waals surface area contributed by atoms with E-state index in [4.69, 9.17) is 0 Å². The first-order valence-electron chi connectivity index (χ1n) is 10.0. The van der Waals surface area contributed by atoms with Crippen LogP contribution < -0.4 is 5.43 Å². The second kappa shape index (κ2) is 8.09. The third-order valence-corrected chi connectivity index (χ3v) is 5.80. The van der Waals surface area contributed by atoms with Crippen molar-refractivity contribution in [2.45, 2.75) is 32.1 Å². The van der Waals surface area contributed by atoms with Crippen molar-refractivity contribution >= 4 is 22.6 Å². The van der Waals surface area contributed by atoms with Crippen LogP contribution in [0.5, 0.6) is 0 Å². The highest BCUT2D eigenvalue weighted by Crippen LogP contribution is 2.24. The van der Waals surface area contributed by atoms with Crippen LogP contribution in [0.3, 0.4) is 0 Å². The van der Waals surface area contributed by atoms with E-state index in [1.165, 1.54) is 6.42 Å². The van der Waals surface area contributed by atoms with Gasteiger partial charge in [-0.1, -0.05) is 42.8 Å². The van der Waals surface area contributed by atoms with Gasteiger partial charge in [-0.05, 0) is 42.5 Å². The minimum Gasteiger partial charge on any atom is -0.339 e. The van der Waals surface area contributed by atoms with Crippen molar-refractivity contribution in [3.8, 4) is 0 Å². The highest BCUT2D eigenvalue weighted by atomic mass is 16.2. The lowest BCUT2D eigenvalue weighted by atomic mass is 9.95. The van der Waals surface area contributed by atoms with Crippen molar-refractivity contribution in [2.24, 2.45) is 5.92 Å². The molecule has 0 aromatic heterocycles. The highest BCUT2D eigenvalue weighted by Gasteiger charge is 2.29. The molecule has 0 atom stereocenters. The Morgan fingerprint density at radius 3 is 2.33 bits per heavy atom. The minimum atomic E-state index is 0.00324. The zero-order valence-electron chi connectivity index (χ0n) is 15.7. The second-order valence-corrected chi connectivity index (χ2v) is 7.62. The zero-order valence-corrected chi connectivity index (χ0v) is 15.7. The second-order valence-electron chi connectivity index (χ2n) is 7.62. The van der Waals surface area contributed by atoms with E-state index in [0.717, 1.165) is 55.1 Å². The predicted octanol–water partition coefficient (Wildman–Crippen LogP) is 3.21. The molecule has 0 saturated carbocycles. The van der Waals surface area contributed by atoms with Crippen LogP contribution in [0.25, 0.3) is 10.8 Å². The van der Waals surface area contributed by atoms with Gasteiger partial charge in [0, 0.05) is 37.7 Å². The molecule has 0 radical (unpaired) electrons. The van der Waals surface area contributed by atoms with Gasteiger partial charge in [-0.2, -0.15) is 0 Å². The van der Waals surface area contributed by atoms with Gasteiger partial charge < -0.3 is 4.90 Å². The largest absolute Gasteiger partial charge is 0.339 e. The molecule has 0 aliphatic carbocycles. The molecule has 4 rings (SSSR count). The van der Waals surface area contributed by atoms with E-state index < -0.39 is 0 Å². The number of nitrogens with zero attached hydrogens (tertiary/aromatic N) is 2. The summed E-state index contributed by atoms with van der Waals surface area (Å²) in [6.07, 6.45) is 5.02. The molecule has 2 amide bonds. The summed E-state index contributed by atoms with van der Waals surface area (Å²) < 4.78 is 0. The van der Waals surface area contributed by atoms with Crippen LogP contribution in [0, 0.1) is 5.92 Å². The quantitative estimate of drug-likeness (QED) is 0.909. The minimum absolute atomic E-state index is 0.00324. The number of amides is 2. The fourth-order valence-corrected chi connectivity index (χ4v) is 4.18. The smallest absolute Gasteiger partial charge is 0.254 e. The van der Waals surface area contributed by atoms with E-state index in [1.54, 1.807) is 0 Å². The summed E-state index contributed by atoms with van der Waals surface area (Å²) in [4.78, 5) is 27.5. The first-order chi connectivity index (χ1) is 13.2. The van der Waals surface area contributed by atoms with Gasteiger partial charge >= 0.3 is 0 Å². The standard InChI is InChI=1S/C22H27N3O2/c26-21(23-25-13-4-1-5-14-25)18-11-15-24(16-12-18)22(27)20-10-6-8-17-7-2-3-9-19(17)20/h2-3,6-10,18H,1,4-5,11-16H2,(H,23,26). The van der Waals surface area contributed by atoms with E-state index in [2.05, 4.69) is 10.4 Å². The summed E-state index contributed by atoms with van der Waals surface area (Å²) in [7, 11) is 0. The Morgan fingerprint density at radius 1 is 0.852 bits per heavy atom. The maximum absolute atomic E-state index is 13.0. The van der Waals surface area contributed by atoms with Gasteiger partial charge in [0.1, 0.15) is 0 Å². The molecular weight excluding hydrogens is 338 g/mol. The van der Waals surface area contributed by atoms with Gasteiger partial charge in [0.15, 0.2) is 0 Å². The first kappa shape index (κ1) is 18.0. The molecule has 5 nitrogen and oxygen atoms in total. The summed E-state index contributed by atoms with van der Waals surface area (Å²) in [6, 6.07) is 13.9. The van der Waals surface area contributed by atoms with Crippen LogP contribution in [-0.2, 0) is 4.79 Å². The molecule has 2 aromatic carbocycles. The number of carbonyl (C=O) groups excluding carboxylic acids is 2. The third kappa shape index (κ3) is 3.98. The molecule has 0 spiro atoms. The predicted molar refractivity (Wildman–Crippen MR) is 106 cm³/mol. The number of fused-ring (bicyclic) bond motifs is 1. The van der Waals surface area contributed by atoms with Crippen LogP contribution in [0.2, 0.25) is 0 Å². The number of rotatable bonds is 3. The maximum Gasteiger partial charge on any atom is 0.254 e. The molecule has 2 aliphatic rings. The molecule has 2 fully saturated rings. The molecule has 0 bridgehead atoms. The molecule has 2 aliphatic heterocycles. The number of carbonyl (C=O) groups is 2. The molecule has 1 N–H and O–H groups in total. The molecule has 0 unspecified atom stereocenters. The van der Waals surface area contributed by atoms with Crippen LogP contribution in [0.1, 0.15) is 42.5 Å². The number of hydrogen-bond donors (Lipinski definition) is 1. The Balaban J connectivity index is 1.37. The van der Waals surface area contributed by atoms with Crippen molar-refractivity contribution in [1.82, 2.24) is 15.3 Å². The van der Waals surface area contributed by atoms with Crippen molar-refractivity contribution in [3.63, 3.8) is 0 Å². The van der Waals surface area contributed by atoms with Gasteiger partial charge in [0.05, 0.1) is 0 Å². The van der Waals surface area contributed by atoms with Gasteiger partial charge in [0.2, 0.25) is 5.91 Å².